The van der Waals surface area contributed by atoms with E-state index in [0.29, 0.717) is 12.8 Å². The van der Waals surface area contributed by atoms with Crippen LogP contribution in [0.2, 0.25) is 0 Å². The highest BCUT2D eigenvalue weighted by Crippen LogP contribution is 2.32. The van der Waals surface area contributed by atoms with Crippen LogP contribution in [0.25, 0.3) is 0 Å². The van der Waals surface area contributed by atoms with Crippen LogP contribution in [0.1, 0.15) is 42.5 Å². The van der Waals surface area contributed by atoms with Gasteiger partial charge in [-0.3, -0.25) is 4.79 Å². The fourth-order valence-corrected chi connectivity index (χ4v) is 3.00. The van der Waals surface area contributed by atoms with Gasteiger partial charge >= 0.3 is 12.6 Å². The summed E-state index contributed by atoms with van der Waals surface area (Å²) in [6, 6.07) is 7.35. The molecule has 0 spiro atoms. The van der Waals surface area contributed by atoms with Crippen molar-refractivity contribution in [2.45, 2.75) is 44.3 Å². The standard InChI is InChI=1S/C18H20F2N2O4/c1-22(18(12-21)8-3-2-4-9-18)15(23)11-25-16(24)13-6-5-7-14(10-13)26-17(19)20/h5-7,10,17H,2-4,8-9,11H2,1H3. The molecule has 1 amide bonds. The van der Waals surface area contributed by atoms with Crippen molar-refractivity contribution in [2.24, 2.45) is 0 Å². The molecule has 1 aliphatic carbocycles. The van der Waals surface area contributed by atoms with Crippen molar-refractivity contribution in [1.82, 2.24) is 4.90 Å². The van der Waals surface area contributed by atoms with Gasteiger partial charge in [0.15, 0.2) is 6.61 Å². The maximum atomic E-state index is 12.3. The van der Waals surface area contributed by atoms with Gasteiger partial charge in [-0.1, -0.05) is 25.3 Å². The number of hydrogen-bond acceptors (Lipinski definition) is 5. The molecular weight excluding hydrogens is 346 g/mol. The van der Waals surface area contributed by atoms with Crippen LogP contribution in [0.3, 0.4) is 0 Å². The van der Waals surface area contributed by atoms with E-state index < -0.39 is 30.6 Å². The van der Waals surface area contributed by atoms with Gasteiger partial charge in [0, 0.05) is 7.05 Å². The third-order valence-electron chi connectivity index (χ3n) is 4.53. The Hall–Kier alpha value is -2.69. The van der Waals surface area contributed by atoms with Gasteiger partial charge in [-0.25, -0.2) is 4.79 Å². The van der Waals surface area contributed by atoms with E-state index in [9.17, 15) is 23.6 Å². The van der Waals surface area contributed by atoms with Gasteiger partial charge in [-0.2, -0.15) is 14.0 Å². The molecule has 0 aliphatic heterocycles. The normalized spacial score (nSPS) is 15.8. The summed E-state index contributed by atoms with van der Waals surface area (Å²) in [5.41, 5.74) is -0.876. The lowest BCUT2D eigenvalue weighted by Crippen LogP contribution is -2.51. The molecule has 0 N–H and O–H groups in total. The Labute approximate surface area is 150 Å². The second-order valence-corrected chi connectivity index (χ2v) is 6.14. The number of ether oxygens (including phenoxy) is 2. The van der Waals surface area contributed by atoms with E-state index in [0.717, 1.165) is 25.3 Å². The Balaban J connectivity index is 1.96. The third kappa shape index (κ3) is 4.69. The zero-order chi connectivity index (χ0) is 19.2. The minimum atomic E-state index is -3.01. The fraction of sp³-hybridized carbons (Fsp3) is 0.500. The lowest BCUT2D eigenvalue weighted by atomic mass is 9.81. The van der Waals surface area contributed by atoms with Crippen LogP contribution in [0.4, 0.5) is 8.78 Å². The average molecular weight is 366 g/mol. The second-order valence-electron chi connectivity index (χ2n) is 6.14. The molecule has 1 aromatic rings. The van der Waals surface area contributed by atoms with E-state index in [1.807, 2.05) is 0 Å². The van der Waals surface area contributed by atoms with Crippen LogP contribution in [-0.4, -0.2) is 42.6 Å². The molecule has 26 heavy (non-hydrogen) atoms. The molecule has 1 aromatic carbocycles. The third-order valence-corrected chi connectivity index (χ3v) is 4.53. The van der Waals surface area contributed by atoms with Crippen molar-refractivity contribution in [3.8, 4) is 11.8 Å². The number of carbonyl (C=O) groups is 2. The Kier molecular flexibility index (Phi) is 6.50. The van der Waals surface area contributed by atoms with Crippen LogP contribution in [-0.2, 0) is 9.53 Å². The maximum Gasteiger partial charge on any atom is 0.387 e. The van der Waals surface area contributed by atoms with Crippen molar-refractivity contribution in [1.29, 1.82) is 5.26 Å². The molecular formula is C18H20F2N2O4. The van der Waals surface area contributed by atoms with E-state index in [4.69, 9.17) is 4.74 Å². The van der Waals surface area contributed by atoms with Gasteiger partial charge in [0.2, 0.25) is 0 Å². The molecule has 0 radical (unpaired) electrons. The minimum Gasteiger partial charge on any atom is -0.452 e. The molecule has 1 fully saturated rings. The van der Waals surface area contributed by atoms with Crippen molar-refractivity contribution >= 4 is 11.9 Å². The van der Waals surface area contributed by atoms with Gasteiger partial charge in [0.05, 0.1) is 11.6 Å². The van der Waals surface area contributed by atoms with Crippen LogP contribution >= 0.6 is 0 Å². The summed E-state index contributed by atoms with van der Waals surface area (Å²) in [5.74, 6) is -1.49. The number of halogens is 2. The van der Waals surface area contributed by atoms with Crippen LogP contribution in [0.15, 0.2) is 24.3 Å². The molecule has 0 atom stereocenters. The molecule has 0 unspecified atom stereocenters. The summed E-state index contributed by atoms with van der Waals surface area (Å²) in [7, 11) is 1.53. The van der Waals surface area contributed by atoms with E-state index in [1.165, 1.54) is 30.1 Å². The summed E-state index contributed by atoms with van der Waals surface area (Å²) in [6.45, 7) is -3.53. The molecule has 1 aliphatic rings. The number of hydrogen-bond donors (Lipinski definition) is 0. The monoisotopic (exact) mass is 366 g/mol. The molecule has 8 heteroatoms. The van der Waals surface area contributed by atoms with Crippen LogP contribution < -0.4 is 4.74 Å². The predicted molar refractivity (Wildman–Crippen MR) is 87.6 cm³/mol. The summed E-state index contributed by atoms with van der Waals surface area (Å²) in [5, 5.41) is 9.49. The van der Waals surface area contributed by atoms with E-state index in [2.05, 4.69) is 10.8 Å². The molecule has 6 nitrogen and oxygen atoms in total. The highest BCUT2D eigenvalue weighted by atomic mass is 19.3. The topological polar surface area (TPSA) is 79.6 Å². The average Bonchev–Trinajstić information content (AvgIpc) is 2.65. The first-order valence-electron chi connectivity index (χ1n) is 8.28. The summed E-state index contributed by atoms with van der Waals surface area (Å²) >= 11 is 0. The number of nitrogens with zero attached hydrogens (tertiary/aromatic N) is 2. The van der Waals surface area contributed by atoms with E-state index in [1.54, 1.807) is 0 Å². The lowest BCUT2D eigenvalue weighted by Gasteiger charge is -2.38. The van der Waals surface area contributed by atoms with Crippen LogP contribution in [0.5, 0.6) is 5.75 Å². The highest BCUT2D eigenvalue weighted by Gasteiger charge is 2.39. The van der Waals surface area contributed by atoms with Crippen molar-refractivity contribution in [2.75, 3.05) is 13.7 Å². The largest absolute Gasteiger partial charge is 0.452 e. The van der Waals surface area contributed by atoms with Crippen LogP contribution in [0, 0.1) is 11.3 Å². The number of benzene rings is 1. The molecule has 140 valence electrons. The van der Waals surface area contributed by atoms with Gasteiger partial charge in [-0.05, 0) is 31.0 Å². The molecule has 2 rings (SSSR count). The molecule has 0 heterocycles. The van der Waals surface area contributed by atoms with Gasteiger partial charge < -0.3 is 14.4 Å². The van der Waals surface area contributed by atoms with Crippen molar-refractivity contribution in [3.05, 3.63) is 29.8 Å². The zero-order valence-electron chi connectivity index (χ0n) is 14.4. The molecule has 0 aromatic heterocycles. The van der Waals surface area contributed by atoms with E-state index >= 15 is 0 Å². The zero-order valence-corrected chi connectivity index (χ0v) is 14.4. The van der Waals surface area contributed by atoms with Gasteiger partial charge in [0.25, 0.3) is 5.91 Å². The lowest BCUT2D eigenvalue weighted by molar-refractivity contribution is -0.138. The van der Waals surface area contributed by atoms with E-state index in [-0.39, 0.29) is 11.3 Å². The highest BCUT2D eigenvalue weighted by molar-refractivity contribution is 5.91. The Morgan fingerprint density at radius 2 is 2.00 bits per heavy atom. The maximum absolute atomic E-state index is 12.3. The Morgan fingerprint density at radius 3 is 2.62 bits per heavy atom. The number of carbonyl (C=O) groups excluding carboxylic acids is 2. The summed E-state index contributed by atoms with van der Waals surface area (Å²) < 4.78 is 33.6. The first-order chi connectivity index (χ1) is 12.4. The van der Waals surface area contributed by atoms with Gasteiger partial charge in [-0.15, -0.1) is 0 Å². The number of esters is 1. The predicted octanol–water partition coefficient (Wildman–Crippen LogP) is 3.13. The summed E-state index contributed by atoms with van der Waals surface area (Å²) in [4.78, 5) is 25.7. The second kappa shape index (κ2) is 8.61. The quantitative estimate of drug-likeness (QED) is 0.723. The molecule has 1 saturated carbocycles. The number of amides is 1. The number of rotatable bonds is 6. The minimum absolute atomic E-state index is 0.00809. The number of likely N-dealkylation sites (N-methyl/N-ethyl adjacent to an activating group) is 1. The molecule has 0 saturated heterocycles. The first-order valence-corrected chi connectivity index (χ1v) is 8.28. The Morgan fingerprint density at radius 1 is 1.31 bits per heavy atom. The first kappa shape index (κ1) is 19.6. The number of alkyl halides is 2. The number of nitriles is 1. The Bertz CT molecular complexity index is 697. The fourth-order valence-electron chi connectivity index (χ4n) is 3.00. The molecule has 0 bridgehead atoms. The summed E-state index contributed by atoms with van der Waals surface area (Å²) in [6.07, 6.45) is 3.93. The van der Waals surface area contributed by atoms with Gasteiger partial charge in [0.1, 0.15) is 11.3 Å². The van der Waals surface area contributed by atoms with Crippen molar-refractivity contribution in [3.63, 3.8) is 0 Å². The smallest absolute Gasteiger partial charge is 0.387 e. The van der Waals surface area contributed by atoms with Crippen molar-refractivity contribution < 1.29 is 27.8 Å². The SMILES string of the molecule is CN(C(=O)COC(=O)c1cccc(OC(F)F)c1)C1(C#N)CCCCC1.